The first-order valence-electron chi connectivity index (χ1n) is 7.45. The Labute approximate surface area is 157 Å². The van der Waals surface area contributed by atoms with Gasteiger partial charge in [0.1, 0.15) is 0 Å². The van der Waals surface area contributed by atoms with Crippen molar-refractivity contribution in [2.45, 2.75) is 12.8 Å². The second-order valence-corrected chi connectivity index (χ2v) is 7.37. The van der Waals surface area contributed by atoms with Gasteiger partial charge in [-0.25, -0.2) is 4.98 Å². The van der Waals surface area contributed by atoms with E-state index in [0.29, 0.717) is 33.6 Å². The highest BCUT2D eigenvalue weighted by Crippen LogP contribution is 2.19. The summed E-state index contributed by atoms with van der Waals surface area (Å²) >= 11 is 8.54. The van der Waals surface area contributed by atoms with E-state index in [2.05, 4.69) is 15.6 Å². The molecule has 2 amide bonds. The zero-order valence-corrected chi connectivity index (χ0v) is 15.4. The van der Waals surface area contributed by atoms with Crippen LogP contribution in [0.1, 0.15) is 21.8 Å². The quantitative estimate of drug-likeness (QED) is 0.640. The van der Waals surface area contributed by atoms with Crippen molar-refractivity contribution in [1.29, 1.82) is 0 Å². The maximum absolute atomic E-state index is 12.0. The first-order chi connectivity index (χ1) is 12.1. The molecule has 0 radical (unpaired) electrons. The lowest BCUT2D eigenvalue weighted by atomic mass is 10.2. The Bertz CT molecular complexity index is 860. The fraction of sp³-hybridized carbons (Fsp3) is 0.118. The van der Waals surface area contributed by atoms with Crippen molar-refractivity contribution in [3.05, 3.63) is 62.8 Å². The minimum Gasteiger partial charge on any atom is -0.326 e. The van der Waals surface area contributed by atoms with Gasteiger partial charge in [-0.05, 0) is 42.1 Å². The summed E-state index contributed by atoms with van der Waals surface area (Å²) in [5.41, 5.74) is 1.48. The van der Waals surface area contributed by atoms with Gasteiger partial charge in [-0.1, -0.05) is 17.7 Å². The second kappa shape index (κ2) is 8.24. The third kappa shape index (κ3) is 5.12. The number of hydrogen-bond donors (Lipinski definition) is 2. The normalized spacial score (nSPS) is 10.4. The predicted octanol–water partition coefficient (Wildman–Crippen LogP) is 4.68. The summed E-state index contributed by atoms with van der Waals surface area (Å²) in [5, 5.41) is 10.4. The number of nitrogens with zero attached hydrogens (tertiary/aromatic N) is 1. The number of amides is 2. The number of aryl methyl sites for hydroxylation is 1. The van der Waals surface area contributed by atoms with Crippen LogP contribution in [0.25, 0.3) is 0 Å². The molecule has 0 bridgehead atoms. The standard InChI is InChI=1S/C17H14ClN3O2S2/c18-11-3-5-12(6-4-11)19-15(22)8-7-13-10-25-17(20-13)21-16(23)14-2-1-9-24-14/h1-6,9-10H,7-8H2,(H,19,22)(H,20,21,23). The molecule has 8 heteroatoms. The number of carbonyl (C=O) groups is 2. The molecule has 25 heavy (non-hydrogen) atoms. The van der Waals surface area contributed by atoms with Gasteiger partial charge in [-0.15, -0.1) is 22.7 Å². The van der Waals surface area contributed by atoms with Crippen LogP contribution in [0, 0.1) is 0 Å². The number of rotatable bonds is 6. The molecular weight excluding hydrogens is 378 g/mol. The van der Waals surface area contributed by atoms with Crippen LogP contribution in [0.15, 0.2) is 47.2 Å². The summed E-state index contributed by atoms with van der Waals surface area (Å²) in [5.74, 6) is -0.268. The summed E-state index contributed by atoms with van der Waals surface area (Å²) in [6.07, 6.45) is 0.815. The molecule has 0 saturated carbocycles. The van der Waals surface area contributed by atoms with Crippen LogP contribution in [0.2, 0.25) is 5.02 Å². The minimum atomic E-state index is -0.170. The first-order valence-corrected chi connectivity index (χ1v) is 9.58. The molecule has 128 valence electrons. The SMILES string of the molecule is O=C(CCc1csc(NC(=O)c2cccs2)n1)Nc1ccc(Cl)cc1. The average molecular weight is 392 g/mol. The summed E-state index contributed by atoms with van der Waals surface area (Å²) in [6, 6.07) is 10.5. The van der Waals surface area contributed by atoms with Crippen LogP contribution in [0.4, 0.5) is 10.8 Å². The highest BCUT2D eigenvalue weighted by Gasteiger charge is 2.11. The maximum atomic E-state index is 12.0. The second-order valence-electron chi connectivity index (χ2n) is 5.13. The Morgan fingerprint density at radius 2 is 1.88 bits per heavy atom. The van der Waals surface area contributed by atoms with Crippen molar-refractivity contribution in [2.24, 2.45) is 0 Å². The lowest BCUT2D eigenvalue weighted by Crippen LogP contribution is -2.12. The molecule has 0 saturated heterocycles. The Morgan fingerprint density at radius 3 is 2.60 bits per heavy atom. The summed E-state index contributed by atoms with van der Waals surface area (Å²) in [7, 11) is 0. The molecule has 0 atom stereocenters. The summed E-state index contributed by atoms with van der Waals surface area (Å²) < 4.78 is 0. The molecule has 0 aliphatic heterocycles. The number of carbonyl (C=O) groups excluding carboxylic acids is 2. The zero-order chi connectivity index (χ0) is 17.6. The molecule has 3 aromatic rings. The Balaban J connectivity index is 1.49. The van der Waals surface area contributed by atoms with Crippen LogP contribution in [0.3, 0.4) is 0 Å². The molecule has 0 aliphatic rings. The van der Waals surface area contributed by atoms with E-state index in [0.717, 1.165) is 5.69 Å². The number of hydrogen-bond acceptors (Lipinski definition) is 5. The van der Waals surface area contributed by atoms with E-state index in [4.69, 9.17) is 11.6 Å². The minimum absolute atomic E-state index is 0.0977. The van der Waals surface area contributed by atoms with Crippen LogP contribution in [0.5, 0.6) is 0 Å². The number of aromatic nitrogens is 1. The number of thiazole rings is 1. The molecule has 0 aliphatic carbocycles. The summed E-state index contributed by atoms with van der Waals surface area (Å²) in [4.78, 5) is 28.9. The third-order valence-corrected chi connectivity index (χ3v) is 5.18. The average Bonchev–Trinajstić information content (AvgIpc) is 3.27. The predicted molar refractivity (Wildman–Crippen MR) is 103 cm³/mol. The van der Waals surface area contributed by atoms with Gasteiger partial charge in [0.2, 0.25) is 5.91 Å². The van der Waals surface area contributed by atoms with Crippen molar-refractivity contribution >= 4 is 56.9 Å². The highest BCUT2D eigenvalue weighted by molar-refractivity contribution is 7.14. The van der Waals surface area contributed by atoms with Crippen molar-refractivity contribution in [1.82, 2.24) is 4.98 Å². The van der Waals surface area contributed by atoms with E-state index in [1.165, 1.54) is 22.7 Å². The van der Waals surface area contributed by atoms with Gasteiger partial charge in [0.05, 0.1) is 10.6 Å². The number of halogens is 1. The topological polar surface area (TPSA) is 71.1 Å². The van der Waals surface area contributed by atoms with Crippen molar-refractivity contribution in [3.8, 4) is 0 Å². The van der Waals surface area contributed by atoms with Gasteiger partial charge in [0.15, 0.2) is 5.13 Å². The van der Waals surface area contributed by atoms with E-state index >= 15 is 0 Å². The lowest BCUT2D eigenvalue weighted by molar-refractivity contribution is -0.116. The molecule has 1 aromatic carbocycles. The number of benzene rings is 1. The molecule has 3 rings (SSSR count). The first kappa shape index (κ1) is 17.6. The van der Waals surface area contributed by atoms with Crippen molar-refractivity contribution < 1.29 is 9.59 Å². The maximum Gasteiger partial charge on any atom is 0.267 e. The van der Waals surface area contributed by atoms with Crippen LogP contribution >= 0.6 is 34.3 Å². The number of nitrogens with one attached hydrogen (secondary N) is 2. The van der Waals surface area contributed by atoms with Gasteiger partial charge >= 0.3 is 0 Å². The van der Waals surface area contributed by atoms with E-state index in [1.807, 2.05) is 16.8 Å². The van der Waals surface area contributed by atoms with E-state index in [1.54, 1.807) is 30.3 Å². The molecule has 2 N–H and O–H groups in total. The van der Waals surface area contributed by atoms with Gasteiger partial charge in [0.25, 0.3) is 5.91 Å². The van der Waals surface area contributed by atoms with E-state index in [-0.39, 0.29) is 11.8 Å². The van der Waals surface area contributed by atoms with Crippen molar-refractivity contribution in [3.63, 3.8) is 0 Å². The van der Waals surface area contributed by atoms with Gasteiger partial charge < -0.3 is 5.32 Å². The van der Waals surface area contributed by atoms with E-state index in [9.17, 15) is 9.59 Å². The smallest absolute Gasteiger partial charge is 0.267 e. The van der Waals surface area contributed by atoms with E-state index < -0.39 is 0 Å². The fourth-order valence-corrected chi connectivity index (χ4v) is 3.53. The largest absolute Gasteiger partial charge is 0.326 e. The molecule has 2 aromatic heterocycles. The zero-order valence-electron chi connectivity index (χ0n) is 13.0. The van der Waals surface area contributed by atoms with Crippen LogP contribution in [-0.4, -0.2) is 16.8 Å². The third-order valence-electron chi connectivity index (χ3n) is 3.25. The van der Waals surface area contributed by atoms with Crippen LogP contribution in [-0.2, 0) is 11.2 Å². The van der Waals surface area contributed by atoms with Gasteiger partial charge in [0, 0.05) is 22.5 Å². The molecular formula is C17H14ClN3O2S2. The van der Waals surface area contributed by atoms with Gasteiger partial charge in [-0.3, -0.25) is 14.9 Å². The monoisotopic (exact) mass is 391 g/mol. The lowest BCUT2D eigenvalue weighted by Gasteiger charge is -2.04. The number of anilines is 2. The summed E-state index contributed by atoms with van der Waals surface area (Å²) in [6.45, 7) is 0. The highest BCUT2D eigenvalue weighted by atomic mass is 35.5. The Morgan fingerprint density at radius 1 is 1.08 bits per heavy atom. The Hall–Kier alpha value is -2.22. The molecule has 0 fully saturated rings. The molecule has 5 nitrogen and oxygen atoms in total. The Kier molecular flexibility index (Phi) is 5.80. The number of thiophene rings is 1. The van der Waals surface area contributed by atoms with Gasteiger partial charge in [-0.2, -0.15) is 0 Å². The van der Waals surface area contributed by atoms with Crippen LogP contribution < -0.4 is 10.6 Å². The molecule has 2 heterocycles. The fourth-order valence-electron chi connectivity index (χ4n) is 2.04. The van der Waals surface area contributed by atoms with Crippen molar-refractivity contribution in [2.75, 3.05) is 10.6 Å². The molecule has 0 spiro atoms. The molecule has 0 unspecified atom stereocenters.